The highest BCUT2D eigenvalue weighted by Gasteiger charge is 2.33. The number of anilines is 1. The van der Waals surface area contributed by atoms with Crippen LogP contribution in [0.5, 0.6) is 0 Å². The second kappa shape index (κ2) is 6.89. The lowest BCUT2D eigenvalue weighted by Crippen LogP contribution is -2.25. The number of hydrogen-bond donors (Lipinski definition) is 1. The van der Waals surface area contributed by atoms with Gasteiger partial charge in [-0.3, -0.25) is 14.3 Å². The Kier molecular flexibility index (Phi) is 4.27. The van der Waals surface area contributed by atoms with Gasteiger partial charge in [-0.2, -0.15) is 18.3 Å². The van der Waals surface area contributed by atoms with Gasteiger partial charge in [0.1, 0.15) is 5.69 Å². The molecule has 1 aromatic carbocycles. The number of amides is 1. The van der Waals surface area contributed by atoms with Gasteiger partial charge in [0.15, 0.2) is 11.5 Å². The van der Waals surface area contributed by atoms with Crippen LogP contribution in [0.1, 0.15) is 30.1 Å². The molecule has 0 bridgehead atoms. The molecular formula is C20H15F3N6O2. The fourth-order valence-corrected chi connectivity index (χ4v) is 3.41. The molecule has 1 fully saturated rings. The topological polar surface area (TPSA) is 94.2 Å². The molecule has 8 nitrogen and oxygen atoms in total. The third kappa shape index (κ3) is 3.62. The molecular weight excluding hydrogens is 413 g/mol. The molecule has 5 rings (SSSR count). The van der Waals surface area contributed by atoms with Crippen LogP contribution in [0.15, 0.2) is 47.5 Å². The van der Waals surface area contributed by atoms with Crippen LogP contribution in [0.4, 0.5) is 19.0 Å². The molecule has 1 aliphatic carbocycles. The Morgan fingerprint density at radius 2 is 1.97 bits per heavy atom. The predicted molar refractivity (Wildman–Crippen MR) is 105 cm³/mol. The summed E-state index contributed by atoms with van der Waals surface area (Å²) in [6.07, 6.45) is -0.160. The largest absolute Gasteiger partial charge is 0.416 e. The maximum Gasteiger partial charge on any atom is 0.416 e. The van der Waals surface area contributed by atoms with Crippen molar-refractivity contribution in [3.8, 4) is 0 Å². The molecule has 1 aliphatic rings. The van der Waals surface area contributed by atoms with E-state index >= 15 is 0 Å². The Bertz CT molecular complexity index is 1390. The number of nitrogens with one attached hydrogen (secondary N) is 1. The Morgan fingerprint density at radius 1 is 1.16 bits per heavy atom. The van der Waals surface area contributed by atoms with Crippen molar-refractivity contribution < 1.29 is 18.0 Å². The number of alkyl halides is 3. The minimum absolute atomic E-state index is 0.0274. The molecule has 0 radical (unpaired) electrons. The van der Waals surface area contributed by atoms with Crippen molar-refractivity contribution in [3.63, 3.8) is 0 Å². The second-order valence-electron chi connectivity index (χ2n) is 7.35. The molecule has 1 N–H and O–H groups in total. The van der Waals surface area contributed by atoms with E-state index in [2.05, 4.69) is 20.5 Å². The molecule has 4 aromatic rings. The number of imidazole rings is 1. The number of aromatic nitrogens is 5. The number of carbonyl (C=O) groups excluding carboxylic acids is 1. The highest BCUT2D eigenvalue weighted by molar-refractivity contribution is 5.91. The van der Waals surface area contributed by atoms with E-state index in [9.17, 15) is 22.8 Å². The van der Waals surface area contributed by atoms with Gasteiger partial charge in [0.25, 0.3) is 0 Å². The van der Waals surface area contributed by atoms with Crippen LogP contribution >= 0.6 is 0 Å². The fraction of sp³-hybridized carbons (Fsp3) is 0.250. The predicted octanol–water partition coefficient (Wildman–Crippen LogP) is 2.97. The van der Waals surface area contributed by atoms with Gasteiger partial charge in [-0.05, 0) is 43.2 Å². The SMILES string of the molecule is O=C(Cc1nn(C2CC2)c2cc(C(F)(F)F)ccc2c1=O)Nc1ccc2nccn2n1. The number of fused-ring (bicyclic) bond motifs is 2. The van der Waals surface area contributed by atoms with E-state index in [0.717, 1.165) is 31.0 Å². The monoisotopic (exact) mass is 428 g/mol. The van der Waals surface area contributed by atoms with Gasteiger partial charge in [0.2, 0.25) is 11.3 Å². The second-order valence-corrected chi connectivity index (χ2v) is 7.35. The van der Waals surface area contributed by atoms with Crippen molar-refractivity contribution >= 4 is 28.3 Å². The summed E-state index contributed by atoms with van der Waals surface area (Å²) in [6, 6.07) is 6.13. The third-order valence-corrected chi connectivity index (χ3v) is 5.05. The van der Waals surface area contributed by atoms with Crippen molar-refractivity contribution in [1.82, 2.24) is 24.4 Å². The Hall–Kier alpha value is -3.76. The summed E-state index contributed by atoms with van der Waals surface area (Å²) < 4.78 is 42.3. The molecule has 1 amide bonds. The average Bonchev–Trinajstić information content (AvgIpc) is 3.46. The fourth-order valence-electron chi connectivity index (χ4n) is 3.41. The normalized spacial score (nSPS) is 14.3. The van der Waals surface area contributed by atoms with Crippen molar-refractivity contribution in [2.45, 2.75) is 31.5 Å². The zero-order valence-corrected chi connectivity index (χ0v) is 15.9. The molecule has 31 heavy (non-hydrogen) atoms. The first-order valence-electron chi connectivity index (χ1n) is 9.52. The summed E-state index contributed by atoms with van der Waals surface area (Å²) in [5.74, 6) is -0.237. The summed E-state index contributed by atoms with van der Waals surface area (Å²) in [6.45, 7) is 0. The van der Waals surface area contributed by atoms with Crippen LogP contribution in [0.25, 0.3) is 16.6 Å². The number of rotatable bonds is 4. The highest BCUT2D eigenvalue weighted by Crippen LogP contribution is 2.37. The summed E-state index contributed by atoms with van der Waals surface area (Å²) in [5.41, 5.74) is -0.699. The van der Waals surface area contributed by atoms with E-state index in [1.54, 1.807) is 24.5 Å². The lowest BCUT2D eigenvalue weighted by atomic mass is 10.1. The summed E-state index contributed by atoms with van der Waals surface area (Å²) in [7, 11) is 0. The van der Waals surface area contributed by atoms with Gasteiger partial charge >= 0.3 is 6.18 Å². The lowest BCUT2D eigenvalue weighted by molar-refractivity contribution is -0.137. The third-order valence-electron chi connectivity index (χ3n) is 5.05. The average molecular weight is 428 g/mol. The summed E-state index contributed by atoms with van der Waals surface area (Å²) in [5, 5.41) is 11.2. The van der Waals surface area contributed by atoms with Crippen LogP contribution in [0.3, 0.4) is 0 Å². The first kappa shape index (κ1) is 19.2. The molecule has 1 saturated carbocycles. The van der Waals surface area contributed by atoms with E-state index in [0.29, 0.717) is 5.65 Å². The molecule has 0 aliphatic heterocycles. The van der Waals surface area contributed by atoms with Crippen LogP contribution in [0.2, 0.25) is 0 Å². The van der Waals surface area contributed by atoms with Gasteiger partial charge in [0.05, 0.1) is 23.5 Å². The van der Waals surface area contributed by atoms with E-state index in [1.165, 1.54) is 9.20 Å². The number of carbonyl (C=O) groups is 1. The van der Waals surface area contributed by atoms with Crippen LogP contribution in [0, 0.1) is 0 Å². The zero-order chi connectivity index (χ0) is 21.8. The van der Waals surface area contributed by atoms with Crippen LogP contribution in [-0.4, -0.2) is 30.3 Å². The molecule has 3 heterocycles. The van der Waals surface area contributed by atoms with Gasteiger partial charge < -0.3 is 5.32 Å². The van der Waals surface area contributed by atoms with E-state index in [1.807, 2.05) is 0 Å². The lowest BCUT2D eigenvalue weighted by Gasteiger charge is -2.14. The van der Waals surface area contributed by atoms with E-state index in [4.69, 9.17) is 0 Å². The molecule has 0 unspecified atom stereocenters. The Morgan fingerprint density at radius 3 is 2.71 bits per heavy atom. The van der Waals surface area contributed by atoms with Crippen LogP contribution in [-0.2, 0) is 17.4 Å². The van der Waals surface area contributed by atoms with E-state index in [-0.39, 0.29) is 34.9 Å². The first-order valence-corrected chi connectivity index (χ1v) is 9.52. The van der Waals surface area contributed by atoms with Gasteiger partial charge in [-0.15, -0.1) is 5.10 Å². The molecule has 11 heteroatoms. The standard InChI is InChI=1S/C20H15F3N6O2/c21-20(22,23)11-1-4-13-15(9-11)29(12-2-3-12)26-14(19(13)31)10-18(30)25-16-5-6-17-24-7-8-28(17)27-16/h1,4-9,12H,2-3,10H2,(H,25,27,30). The Labute approximate surface area is 172 Å². The van der Waals surface area contributed by atoms with Gasteiger partial charge in [-0.25, -0.2) is 9.50 Å². The number of hydrogen-bond acceptors (Lipinski definition) is 5. The maximum absolute atomic E-state index is 13.1. The quantitative estimate of drug-likeness (QED) is 0.539. The van der Waals surface area contributed by atoms with Crippen molar-refractivity contribution in [1.29, 1.82) is 0 Å². The molecule has 0 atom stereocenters. The molecule has 0 spiro atoms. The minimum Gasteiger partial charge on any atom is -0.309 e. The first-order chi connectivity index (χ1) is 14.8. The van der Waals surface area contributed by atoms with Crippen molar-refractivity contribution in [2.24, 2.45) is 0 Å². The smallest absolute Gasteiger partial charge is 0.309 e. The summed E-state index contributed by atoms with van der Waals surface area (Å²) >= 11 is 0. The number of nitrogens with zero attached hydrogens (tertiary/aromatic N) is 5. The van der Waals surface area contributed by atoms with E-state index < -0.39 is 23.1 Å². The molecule has 0 saturated heterocycles. The van der Waals surface area contributed by atoms with Gasteiger partial charge in [0, 0.05) is 17.8 Å². The zero-order valence-electron chi connectivity index (χ0n) is 15.9. The number of halogens is 3. The summed E-state index contributed by atoms with van der Waals surface area (Å²) in [4.78, 5) is 29.4. The van der Waals surface area contributed by atoms with Gasteiger partial charge in [-0.1, -0.05) is 0 Å². The highest BCUT2D eigenvalue weighted by atomic mass is 19.4. The number of benzene rings is 1. The molecule has 3 aromatic heterocycles. The van der Waals surface area contributed by atoms with Crippen LogP contribution < -0.4 is 10.7 Å². The van der Waals surface area contributed by atoms with Crippen molar-refractivity contribution in [3.05, 3.63) is 64.2 Å². The van der Waals surface area contributed by atoms with Crippen molar-refractivity contribution in [2.75, 3.05) is 5.32 Å². The Balaban J connectivity index is 1.48. The molecule has 158 valence electrons. The maximum atomic E-state index is 13.1. The minimum atomic E-state index is -4.53.